The third-order valence-corrected chi connectivity index (χ3v) is 7.55. The van der Waals surface area contributed by atoms with Crippen molar-refractivity contribution in [2.45, 2.75) is 17.0 Å². The molecule has 1 aliphatic heterocycles. The van der Waals surface area contributed by atoms with Gasteiger partial charge in [-0.05, 0) is 12.1 Å². The Kier molecular flexibility index (Phi) is 5.64. The molecule has 1 aromatic carbocycles. The number of nitrogens with zero attached hydrogens (tertiary/aromatic N) is 2. The summed E-state index contributed by atoms with van der Waals surface area (Å²) >= 11 is 0. The average Bonchev–Trinajstić information content (AvgIpc) is 2.78. The van der Waals surface area contributed by atoms with Gasteiger partial charge in [0.1, 0.15) is 16.4 Å². The molecule has 2 atom stereocenters. The van der Waals surface area contributed by atoms with Crippen molar-refractivity contribution in [2.75, 3.05) is 39.8 Å². The third kappa shape index (κ3) is 3.90. The van der Waals surface area contributed by atoms with Crippen molar-refractivity contribution in [1.29, 1.82) is 0 Å². The standard InChI is InChI=1S/C14H22N2O7S2/c1-15(2)16(11-8-24(18,19)9-12(11)17)25(20,21)14-6-5-10(22-3)7-13(14)23-4/h5-7,11-12,17H,8-9H2,1-4H3/t11-,12+/m1/s1. The zero-order valence-electron chi connectivity index (χ0n) is 14.4. The molecule has 1 fully saturated rings. The first kappa shape index (κ1) is 19.9. The number of hydrogen-bond acceptors (Lipinski definition) is 8. The van der Waals surface area contributed by atoms with Crippen molar-refractivity contribution < 1.29 is 31.4 Å². The molecule has 1 N–H and O–H groups in total. The number of hydrogen-bond donors (Lipinski definition) is 1. The monoisotopic (exact) mass is 394 g/mol. The van der Waals surface area contributed by atoms with Crippen molar-refractivity contribution in [3.8, 4) is 11.5 Å². The van der Waals surface area contributed by atoms with Crippen LogP contribution in [0.4, 0.5) is 0 Å². The summed E-state index contributed by atoms with van der Waals surface area (Å²) in [6.07, 6.45) is -1.31. The molecule has 25 heavy (non-hydrogen) atoms. The van der Waals surface area contributed by atoms with Crippen LogP contribution in [0.3, 0.4) is 0 Å². The largest absolute Gasteiger partial charge is 0.497 e. The van der Waals surface area contributed by atoms with Gasteiger partial charge in [0.05, 0.1) is 37.9 Å². The van der Waals surface area contributed by atoms with Gasteiger partial charge in [-0.25, -0.2) is 21.8 Å². The molecule has 0 amide bonds. The van der Waals surface area contributed by atoms with Crippen molar-refractivity contribution >= 4 is 19.9 Å². The number of ether oxygens (including phenoxy) is 2. The number of rotatable bonds is 6. The summed E-state index contributed by atoms with van der Waals surface area (Å²) in [6.45, 7) is 0. The Morgan fingerprint density at radius 3 is 2.24 bits per heavy atom. The summed E-state index contributed by atoms with van der Waals surface area (Å²) in [5.74, 6) is -0.460. The molecular weight excluding hydrogens is 372 g/mol. The topological polar surface area (TPSA) is 113 Å². The van der Waals surface area contributed by atoms with Crippen LogP contribution in [0.2, 0.25) is 0 Å². The molecule has 1 aliphatic rings. The van der Waals surface area contributed by atoms with E-state index in [1.165, 1.54) is 51.5 Å². The van der Waals surface area contributed by atoms with E-state index in [2.05, 4.69) is 0 Å². The summed E-state index contributed by atoms with van der Waals surface area (Å²) in [6, 6.07) is 3.09. The fraction of sp³-hybridized carbons (Fsp3) is 0.571. The van der Waals surface area contributed by atoms with Gasteiger partial charge in [-0.3, -0.25) is 0 Å². The SMILES string of the molecule is COc1ccc(S(=O)(=O)N([C@@H]2CS(=O)(=O)C[C@@H]2O)N(C)C)c(OC)c1. The molecule has 0 spiro atoms. The molecule has 0 unspecified atom stereocenters. The molecule has 0 aliphatic carbocycles. The summed E-state index contributed by atoms with van der Waals surface area (Å²) in [5, 5.41) is 11.3. The highest BCUT2D eigenvalue weighted by molar-refractivity contribution is 7.92. The van der Waals surface area contributed by atoms with Gasteiger partial charge >= 0.3 is 0 Å². The van der Waals surface area contributed by atoms with E-state index in [4.69, 9.17) is 9.47 Å². The maximum absolute atomic E-state index is 13.2. The van der Waals surface area contributed by atoms with Crippen molar-refractivity contribution in [3.63, 3.8) is 0 Å². The maximum Gasteiger partial charge on any atom is 0.260 e. The minimum absolute atomic E-state index is 0.0570. The summed E-state index contributed by atoms with van der Waals surface area (Å²) in [5.41, 5.74) is 0. The second-order valence-electron chi connectivity index (χ2n) is 5.85. The fourth-order valence-corrected chi connectivity index (χ4v) is 6.50. The minimum Gasteiger partial charge on any atom is -0.497 e. The highest BCUT2D eigenvalue weighted by atomic mass is 32.2. The van der Waals surface area contributed by atoms with E-state index in [0.717, 1.165) is 4.41 Å². The molecule has 0 bridgehead atoms. The van der Waals surface area contributed by atoms with Gasteiger partial charge in [-0.1, -0.05) is 0 Å². The fourth-order valence-electron chi connectivity index (χ4n) is 2.80. The third-order valence-electron chi connectivity index (χ3n) is 3.87. The molecule has 1 aromatic rings. The van der Waals surface area contributed by atoms with Gasteiger partial charge in [-0.2, -0.15) is 0 Å². The highest BCUT2D eigenvalue weighted by Crippen LogP contribution is 2.33. The lowest BCUT2D eigenvalue weighted by atomic mass is 10.2. The molecule has 142 valence electrons. The predicted molar refractivity (Wildman–Crippen MR) is 90.7 cm³/mol. The molecular formula is C14H22N2O7S2. The van der Waals surface area contributed by atoms with Crippen LogP contribution >= 0.6 is 0 Å². The average molecular weight is 394 g/mol. The Balaban J connectivity index is 2.55. The Labute approximate surface area is 147 Å². The van der Waals surface area contributed by atoms with Crippen LogP contribution in [0.5, 0.6) is 11.5 Å². The molecule has 9 nitrogen and oxygen atoms in total. The predicted octanol–water partition coefficient (Wildman–Crippen LogP) is -0.671. The summed E-state index contributed by atoms with van der Waals surface area (Å²) < 4.78 is 61.0. The first-order valence-electron chi connectivity index (χ1n) is 7.35. The number of sulfone groups is 1. The first-order valence-corrected chi connectivity index (χ1v) is 10.6. The normalized spacial score (nSPS) is 23.2. The summed E-state index contributed by atoms with van der Waals surface area (Å²) in [7, 11) is -2.02. The zero-order chi connectivity index (χ0) is 19.0. The lowest BCUT2D eigenvalue weighted by Crippen LogP contribution is -2.53. The quantitative estimate of drug-likeness (QED) is 0.632. The van der Waals surface area contributed by atoms with E-state index in [0.29, 0.717) is 5.75 Å². The van der Waals surface area contributed by atoms with Crippen LogP contribution in [0, 0.1) is 0 Å². The molecule has 0 saturated carbocycles. The van der Waals surface area contributed by atoms with E-state index in [-0.39, 0.29) is 10.6 Å². The van der Waals surface area contributed by atoms with Crippen molar-refractivity contribution in [3.05, 3.63) is 18.2 Å². The van der Waals surface area contributed by atoms with E-state index < -0.39 is 43.5 Å². The Bertz CT molecular complexity index is 837. The van der Waals surface area contributed by atoms with E-state index in [1.807, 2.05) is 0 Å². The zero-order valence-corrected chi connectivity index (χ0v) is 16.0. The van der Waals surface area contributed by atoms with Gasteiger partial charge in [-0.15, -0.1) is 4.41 Å². The van der Waals surface area contributed by atoms with E-state index in [1.54, 1.807) is 0 Å². The molecule has 11 heteroatoms. The van der Waals surface area contributed by atoms with Crippen LogP contribution in [0.25, 0.3) is 0 Å². The Morgan fingerprint density at radius 2 is 1.80 bits per heavy atom. The van der Waals surface area contributed by atoms with Crippen LogP contribution in [0.1, 0.15) is 0 Å². The van der Waals surface area contributed by atoms with Crippen LogP contribution in [-0.2, 0) is 19.9 Å². The maximum atomic E-state index is 13.2. The lowest BCUT2D eigenvalue weighted by Gasteiger charge is -2.34. The van der Waals surface area contributed by atoms with Gasteiger partial charge < -0.3 is 14.6 Å². The number of aliphatic hydroxyl groups is 1. The summed E-state index contributed by atoms with van der Waals surface area (Å²) in [4.78, 5) is -0.152. The second-order valence-corrected chi connectivity index (χ2v) is 9.77. The minimum atomic E-state index is -4.18. The second kappa shape index (κ2) is 7.08. The molecule has 2 rings (SSSR count). The molecule has 0 radical (unpaired) electrons. The highest BCUT2D eigenvalue weighted by Gasteiger charge is 2.46. The Morgan fingerprint density at radius 1 is 1.16 bits per heavy atom. The molecule has 1 heterocycles. The van der Waals surface area contributed by atoms with E-state index >= 15 is 0 Å². The number of benzene rings is 1. The van der Waals surface area contributed by atoms with Gasteiger partial charge in [0.2, 0.25) is 0 Å². The van der Waals surface area contributed by atoms with Gasteiger partial charge in [0.15, 0.2) is 9.84 Å². The number of sulfonamides is 1. The molecule has 0 aromatic heterocycles. The first-order chi connectivity index (χ1) is 11.5. The lowest BCUT2D eigenvalue weighted by molar-refractivity contribution is 0.0270. The van der Waals surface area contributed by atoms with Crippen LogP contribution in [0.15, 0.2) is 23.1 Å². The smallest absolute Gasteiger partial charge is 0.260 e. The number of methoxy groups -OCH3 is 2. The van der Waals surface area contributed by atoms with Gasteiger partial charge in [0, 0.05) is 20.2 Å². The number of hydrazine groups is 1. The van der Waals surface area contributed by atoms with Crippen LogP contribution < -0.4 is 9.47 Å². The Hall–Kier alpha value is -1.40. The van der Waals surface area contributed by atoms with Crippen molar-refractivity contribution in [1.82, 2.24) is 9.42 Å². The molecule has 1 saturated heterocycles. The van der Waals surface area contributed by atoms with E-state index in [9.17, 15) is 21.9 Å². The number of aliphatic hydroxyl groups excluding tert-OH is 1. The van der Waals surface area contributed by atoms with Crippen LogP contribution in [-0.4, -0.2) is 83.3 Å². The van der Waals surface area contributed by atoms with Gasteiger partial charge in [0.25, 0.3) is 10.0 Å². The van der Waals surface area contributed by atoms with Crippen molar-refractivity contribution in [2.24, 2.45) is 0 Å².